The molecule has 0 unspecified atom stereocenters. The maximum Gasteiger partial charge on any atom is 0.335 e. The number of hydrogen-bond acceptors (Lipinski definition) is 3. The van der Waals surface area contributed by atoms with Crippen LogP contribution in [0.25, 0.3) is 11.1 Å². The summed E-state index contributed by atoms with van der Waals surface area (Å²) >= 11 is 0. The molecule has 0 aliphatic carbocycles. The van der Waals surface area contributed by atoms with Gasteiger partial charge in [-0.15, -0.1) is 0 Å². The Kier molecular flexibility index (Phi) is 5.36. The molecule has 0 heterocycles. The lowest BCUT2D eigenvalue weighted by Crippen LogP contribution is -2.10. The molecule has 3 aromatic rings. The minimum atomic E-state index is -1.07. The number of aryl methyl sites for hydroxylation is 1. The maximum atomic E-state index is 12.6. The van der Waals surface area contributed by atoms with Crippen LogP contribution in [0.4, 0.5) is 0 Å². The fourth-order valence-electron chi connectivity index (χ4n) is 2.94. The molecule has 0 radical (unpaired) electrons. The van der Waals surface area contributed by atoms with Gasteiger partial charge >= 0.3 is 5.97 Å². The summed E-state index contributed by atoms with van der Waals surface area (Å²) in [7, 11) is 0. The number of nitrogens with two attached hydrogens (primary N) is 1. The second-order valence-electron chi connectivity index (χ2n) is 6.63. The van der Waals surface area contributed by atoms with Crippen LogP contribution in [0, 0.1) is 6.92 Å². The van der Waals surface area contributed by atoms with Crippen LogP contribution in [0.2, 0.25) is 0 Å². The largest absolute Gasteiger partial charge is 0.478 e. The van der Waals surface area contributed by atoms with E-state index in [0.29, 0.717) is 22.3 Å². The van der Waals surface area contributed by atoms with Gasteiger partial charge in [-0.1, -0.05) is 48.0 Å². The van der Waals surface area contributed by atoms with E-state index < -0.39 is 11.9 Å². The SMILES string of the molecule is Cc1ccc(C(=O)Cc2cc(C(=O)O)cc(-c3ccc(C(N)=O)cc3)c2)cc1. The lowest BCUT2D eigenvalue weighted by molar-refractivity contribution is 0.0696. The Bertz CT molecular complexity index is 1050. The molecule has 0 fully saturated rings. The van der Waals surface area contributed by atoms with E-state index in [0.717, 1.165) is 11.1 Å². The average Bonchev–Trinajstić information content (AvgIpc) is 2.68. The van der Waals surface area contributed by atoms with Gasteiger partial charge in [-0.05, 0) is 47.9 Å². The van der Waals surface area contributed by atoms with Crippen molar-refractivity contribution in [1.82, 2.24) is 0 Å². The van der Waals surface area contributed by atoms with Crippen molar-refractivity contribution >= 4 is 17.7 Å². The predicted molar refractivity (Wildman–Crippen MR) is 107 cm³/mol. The number of hydrogen-bond donors (Lipinski definition) is 2. The lowest BCUT2D eigenvalue weighted by Gasteiger charge is -2.09. The molecule has 5 heteroatoms. The molecule has 3 rings (SSSR count). The van der Waals surface area contributed by atoms with E-state index in [9.17, 15) is 19.5 Å². The Morgan fingerprint density at radius 2 is 1.39 bits per heavy atom. The van der Waals surface area contributed by atoms with Gasteiger partial charge in [0.15, 0.2) is 5.78 Å². The Labute approximate surface area is 162 Å². The van der Waals surface area contributed by atoms with Crippen LogP contribution in [-0.4, -0.2) is 22.8 Å². The third-order valence-electron chi connectivity index (χ3n) is 4.48. The van der Waals surface area contributed by atoms with E-state index in [2.05, 4.69) is 0 Å². The van der Waals surface area contributed by atoms with Gasteiger partial charge in [-0.25, -0.2) is 4.79 Å². The zero-order valence-corrected chi connectivity index (χ0v) is 15.3. The van der Waals surface area contributed by atoms with Crippen LogP contribution in [-0.2, 0) is 6.42 Å². The summed E-state index contributed by atoms with van der Waals surface area (Å²) in [5.41, 5.74) is 9.37. The molecule has 0 atom stereocenters. The van der Waals surface area contributed by atoms with Gasteiger partial charge in [-0.2, -0.15) is 0 Å². The first-order valence-corrected chi connectivity index (χ1v) is 8.71. The minimum absolute atomic E-state index is 0.0856. The highest BCUT2D eigenvalue weighted by Gasteiger charge is 2.13. The first-order valence-electron chi connectivity index (χ1n) is 8.71. The van der Waals surface area contributed by atoms with Crippen LogP contribution in [0.5, 0.6) is 0 Å². The Morgan fingerprint density at radius 3 is 1.96 bits per heavy atom. The maximum absolute atomic E-state index is 12.6. The number of rotatable bonds is 6. The van der Waals surface area contributed by atoms with Crippen LogP contribution in [0.15, 0.2) is 66.7 Å². The summed E-state index contributed by atoms with van der Waals surface area (Å²) in [5, 5.41) is 9.43. The lowest BCUT2D eigenvalue weighted by atomic mass is 9.95. The molecule has 0 aliphatic rings. The van der Waals surface area contributed by atoms with E-state index in [1.54, 1.807) is 48.5 Å². The van der Waals surface area contributed by atoms with Crippen molar-refractivity contribution in [3.8, 4) is 11.1 Å². The number of primary amides is 1. The number of benzene rings is 3. The van der Waals surface area contributed by atoms with Gasteiger partial charge in [0, 0.05) is 17.5 Å². The molecule has 5 nitrogen and oxygen atoms in total. The molecule has 140 valence electrons. The summed E-state index contributed by atoms with van der Waals surface area (Å²) in [6, 6.07) is 18.7. The van der Waals surface area contributed by atoms with Crippen LogP contribution < -0.4 is 5.73 Å². The topological polar surface area (TPSA) is 97.5 Å². The van der Waals surface area contributed by atoms with E-state index in [1.165, 1.54) is 6.07 Å². The van der Waals surface area contributed by atoms with Gasteiger partial charge < -0.3 is 10.8 Å². The van der Waals surface area contributed by atoms with E-state index in [1.807, 2.05) is 19.1 Å². The van der Waals surface area contributed by atoms with Crippen LogP contribution in [0.3, 0.4) is 0 Å². The predicted octanol–water partition coefficient (Wildman–Crippen LogP) is 3.88. The normalized spacial score (nSPS) is 10.5. The fraction of sp³-hybridized carbons (Fsp3) is 0.0870. The number of carbonyl (C=O) groups excluding carboxylic acids is 2. The number of ketones is 1. The first-order chi connectivity index (χ1) is 13.3. The van der Waals surface area contributed by atoms with Gasteiger partial charge in [-0.3, -0.25) is 9.59 Å². The molecule has 1 amide bonds. The highest BCUT2D eigenvalue weighted by atomic mass is 16.4. The number of amides is 1. The number of carbonyl (C=O) groups is 3. The summed E-state index contributed by atoms with van der Waals surface area (Å²) in [6.45, 7) is 1.94. The van der Waals surface area contributed by atoms with Crippen LogP contribution >= 0.6 is 0 Å². The second-order valence-corrected chi connectivity index (χ2v) is 6.63. The van der Waals surface area contributed by atoms with Crippen molar-refractivity contribution < 1.29 is 19.5 Å². The third-order valence-corrected chi connectivity index (χ3v) is 4.48. The molecular formula is C23H19NO4. The van der Waals surface area contributed by atoms with Crippen molar-refractivity contribution in [1.29, 1.82) is 0 Å². The summed E-state index contributed by atoms with van der Waals surface area (Å²) in [4.78, 5) is 35.3. The standard InChI is InChI=1S/C23H19NO4/c1-14-2-4-17(5-3-14)21(25)12-15-10-19(13-20(11-15)23(27)28)16-6-8-18(9-7-16)22(24)26/h2-11,13H,12H2,1H3,(H2,24,26)(H,27,28). The van der Waals surface area contributed by atoms with Crippen molar-refractivity contribution in [2.24, 2.45) is 5.73 Å². The Balaban J connectivity index is 1.95. The van der Waals surface area contributed by atoms with Crippen molar-refractivity contribution in [3.63, 3.8) is 0 Å². The molecule has 28 heavy (non-hydrogen) atoms. The van der Waals surface area contributed by atoms with Gasteiger partial charge in [0.1, 0.15) is 0 Å². The quantitative estimate of drug-likeness (QED) is 0.641. The molecular weight excluding hydrogens is 354 g/mol. The molecule has 0 saturated heterocycles. The van der Waals surface area contributed by atoms with Crippen molar-refractivity contribution in [3.05, 3.63) is 94.5 Å². The highest BCUT2D eigenvalue weighted by Crippen LogP contribution is 2.24. The summed E-state index contributed by atoms with van der Waals surface area (Å²) in [5.74, 6) is -1.69. The van der Waals surface area contributed by atoms with Crippen LogP contribution in [0.1, 0.15) is 42.2 Å². The van der Waals surface area contributed by atoms with Gasteiger partial charge in [0.05, 0.1) is 5.56 Å². The summed E-state index contributed by atoms with van der Waals surface area (Å²) < 4.78 is 0. The smallest absolute Gasteiger partial charge is 0.335 e. The second kappa shape index (κ2) is 7.88. The zero-order valence-electron chi connectivity index (χ0n) is 15.3. The average molecular weight is 373 g/mol. The van der Waals surface area contributed by atoms with Crippen molar-refractivity contribution in [2.45, 2.75) is 13.3 Å². The monoisotopic (exact) mass is 373 g/mol. The molecule has 0 saturated carbocycles. The fourth-order valence-corrected chi connectivity index (χ4v) is 2.94. The van der Waals surface area contributed by atoms with Gasteiger partial charge in [0.25, 0.3) is 0 Å². The first kappa shape index (κ1) is 19.0. The molecule has 3 N–H and O–H groups in total. The number of carboxylic acid groups (broad SMARTS) is 1. The van der Waals surface area contributed by atoms with E-state index in [4.69, 9.17) is 5.73 Å². The zero-order chi connectivity index (χ0) is 20.3. The number of carboxylic acids is 1. The number of aromatic carboxylic acids is 1. The minimum Gasteiger partial charge on any atom is -0.478 e. The molecule has 0 spiro atoms. The number of Topliss-reactive ketones (excluding diaryl/α,β-unsaturated/α-hetero) is 1. The third kappa shape index (κ3) is 4.32. The van der Waals surface area contributed by atoms with E-state index in [-0.39, 0.29) is 17.8 Å². The molecule has 0 bridgehead atoms. The van der Waals surface area contributed by atoms with E-state index >= 15 is 0 Å². The molecule has 3 aromatic carbocycles. The Hall–Kier alpha value is -3.73. The highest BCUT2D eigenvalue weighted by molar-refractivity contribution is 5.98. The molecule has 0 aliphatic heterocycles. The van der Waals surface area contributed by atoms with Gasteiger partial charge in [0.2, 0.25) is 5.91 Å². The summed E-state index contributed by atoms with van der Waals surface area (Å²) in [6.07, 6.45) is 0.0938. The van der Waals surface area contributed by atoms with Crippen molar-refractivity contribution in [2.75, 3.05) is 0 Å². The molecule has 0 aromatic heterocycles. The Morgan fingerprint density at radius 1 is 0.786 bits per heavy atom.